The van der Waals surface area contributed by atoms with Crippen LogP contribution in [0.4, 0.5) is 23.1 Å². The molecule has 0 radical (unpaired) electrons. The van der Waals surface area contributed by atoms with E-state index < -0.39 is 10.0 Å². The second kappa shape index (κ2) is 12.4. The number of piperazine rings is 1. The van der Waals surface area contributed by atoms with Crippen LogP contribution in [0.25, 0.3) is 0 Å². The minimum absolute atomic E-state index is 0.129. The van der Waals surface area contributed by atoms with Crippen molar-refractivity contribution >= 4 is 56.4 Å². The predicted molar refractivity (Wildman–Crippen MR) is 164 cm³/mol. The highest BCUT2D eigenvalue weighted by atomic mass is 35.5. The Labute approximate surface area is 248 Å². The Morgan fingerprint density at radius 2 is 1.75 bits per heavy atom. The SMILES string of the molecule is COc1cc(N2CCN(C(C)(C)C)CC2)c(Cl)cc1Nc1ncc(Cl)c(N[C@@H]2CCCC[C@H]2N(C)S(C)(=O)=O)n1. The first kappa shape index (κ1) is 30.9. The van der Waals surface area contributed by atoms with Gasteiger partial charge < -0.3 is 20.3 Å². The van der Waals surface area contributed by atoms with Crippen LogP contribution in [0.15, 0.2) is 18.3 Å². The molecule has 13 heteroatoms. The lowest BCUT2D eigenvalue weighted by atomic mass is 9.90. The van der Waals surface area contributed by atoms with Gasteiger partial charge >= 0.3 is 0 Å². The first-order valence-electron chi connectivity index (χ1n) is 13.6. The van der Waals surface area contributed by atoms with Crippen molar-refractivity contribution in [2.24, 2.45) is 0 Å². The number of rotatable bonds is 8. The van der Waals surface area contributed by atoms with Gasteiger partial charge in [0, 0.05) is 56.9 Å². The molecule has 1 aliphatic carbocycles. The van der Waals surface area contributed by atoms with Gasteiger partial charge in [0.25, 0.3) is 0 Å². The Morgan fingerprint density at radius 1 is 1.07 bits per heavy atom. The summed E-state index contributed by atoms with van der Waals surface area (Å²) >= 11 is 13.2. The van der Waals surface area contributed by atoms with Crippen molar-refractivity contribution < 1.29 is 13.2 Å². The second-order valence-corrected chi connectivity index (χ2v) is 14.4. The van der Waals surface area contributed by atoms with E-state index in [0.29, 0.717) is 33.2 Å². The number of benzene rings is 1. The molecule has 2 heterocycles. The topological polar surface area (TPSA) is 103 Å². The number of sulfonamides is 1. The summed E-state index contributed by atoms with van der Waals surface area (Å²) in [7, 11) is -0.0949. The zero-order valence-electron chi connectivity index (χ0n) is 24.2. The lowest BCUT2D eigenvalue weighted by Gasteiger charge is -2.43. The normalized spacial score (nSPS) is 21.0. The van der Waals surface area contributed by atoms with Crippen LogP contribution in [-0.4, -0.2) is 91.8 Å². The number of likely N-dealkylation sites (N-methyl/N-ethyl adjacent to an activating group) is 1. The fourth-order valence-corrected chi connectivity index (χ4v) is 6.63. The molecule has 222 valence electrons. The van der Waals surface area contributed by atoms with E-state index in [2.05, 4.69) is 51.2 Å². The third-order valence-corrected chi connectivity index (χ3v) is 9.77. The van der Waals surface area contributed by atoms with Crippen molar-refractivity contribution in [2.45, 2.75) is 64.1 Å². The van der Waals surface area contributed by atoms with E-state index in [1.807, 2.05) is 12.1 Å². The zero-order chi connectivity index (χ0) is 29.2. The number of aromatic nitrogens is 2. The minimum atomic E-state index is -3.34. The smallest absolute Gasteiger partial charge is 0.229 e. The highest BCUT2D eigenvalue weighted by molar-refractivity contribution is 7.88. The molecule has 0 bridgehead atoms. The molecular formula is C27H41Cl2N7O3S. The van der Waals surface area contributed by atoms with Crippen LogP contribution in [0.2, 0.25) is 10.0 Å². The zero-order valence-corrected chi connectivity index (χ0v) is 26.5. The second-order valence-electron chi connectivity index (χ2n) is 11.5. The van der Waals surface area contributed by atoms with E-state index in [4.69, 9.17) is 27.9 Å². The maximum absolute atomic E-state index is 12.2. The number of methoxy groups -OCH3 is 1. The molecule has 1 aromatic carbocycles. The van der Waals surface area contributed by atoms with Gasteiger partial charge in [-0.3, -0.25) is 4.90 Å². The summed E-state index contributed by atoms with van der Waals surface area (Å²) in [5.74, 6) is 1.38. The van der Waals surface area contributed by atoms with Crippen molar-refractivity contribution in [2.75, 3.05) is 62.1 Å². The number of hydrogen-bond donors (Lipinski definition) is 2. The van der Waals surface area contributed by atoms with E-state index in [1.54, 1.807) is 14.2 Å². The van der Waals surface area contributed by atoms with Gasteiger partial charge in [-0.25, -0.2) is 17.7 Å². The van der Waals surface area contributed by atoms with Crippen molar-refractivity contribution in [1.82, 2.24) is 19.2 Å². The van der Waals surface area contributed by atoms with Crippen LogP contribution in [0, 0.1) is 0 Å². The predicted octanol–water partition coefficient (Wildman–Crippen LogP) is 5.07. The van der Waals surface area contributed by atoms with Crippen LogP contribution < -0.4 is 20.3 Å². The van der Waals surface area contributed by atoms with Crippen LogP contribution >= 0.6 is 23.2 Å². The fourth-order valence-electron chi connectivity index (χ4n) is 5.46. The molecule has 2 aromatic rings. The maximum Gasteiger partial charge on any atom is 0.229 e. The summed E-state index contributed by atoms with van der Waals surface area (Å²) in [5.41, 5.74) is 1.69. The number of halogens is 2. The average Bonchev–Trinajstić information content (AvgIpc) is 2.90. The molecule has 2 fully saturated rings. The van der Waals surface area contributed by atoms with Crippen LogP contribution in [0.5, 0.6) is 5.75 Å². The number of anilines is 4. The minimum Gasteiger partial charge on any atom is -0.494 e. The molecule has 2 N–H and O–H groups in total. The van der Waals surface area contributed by atoms with E-state index in [1.165, 1.54) is 16.8 Å². The van der Waals surface area contributed by atoms with E-state index in [9.17, 15) is 8.42 Å². The van der Waals surface area contributed by atoms with Gasteiger partial charge in [-0.15, -0.1) is 0 Å². The van der Waals surface area contributed by atoms with Crippen molar-refractivity contribution in [3.05, 3.63) is 28.4 Å². The Balaban J connectivity index is 1.52. The monoisotopic (exact) mass is 613 g/mol. The Morgan fingerprint density at radius 3 is 2.38 bits per heavy atom. The molecule has 1 saturated heterocycles. The molecule has 10 nitrogen and oxygen atoms in total. The highest BCUT2D eigenvalue weighted by Crippen LogP contribution is 2.39. The van der Waals surface area contributed by atoms with Gasteiger partial charge in [-0.2, -0.15) is 4.98 Å². The summed E-state index contributed by atoms with van der Waals surface area (Å²) in [5, 5.41) is 7.57. The molecule has 2 aliphatic rings. The number of nitrogens with one attached hydrogen (secondary N) is 2. The van der Waals surface area contributed by atoms with E-state index >= 15 is 0 Å². The van der Waals surface area contributed by atoms with Crippen molar-refractivity contribution in [3.63, 3.8) is 0 Å². The van der Waals surface area contributed by atoms with Crippen LogP contribution in [0.3, 0.4) is 0 Å². The summed E-state index contributed by atoms with van der Waals surface area (Å²) in [6.07, 6.45) is 6.29. The fraction of sp³-hybridized carbons (Fsp3) is 0.630. The summed E-state index contributed by atoms with van der Waals surface area (Å²) < 4.78 is 31.6. The van der Waals surface area contributed by atoms with Gasteiger partial charge in [0.1, 0.15) is 10.8 Å². The largest absolute Gasteiger partial charge is 0.494 e. The first-order chi connectivity index (χ1) is 18.8. The first-order valence-corrected chi connectivity index (χ1v) is 16.2. The summed E-state index contributed by atoms with van der Waals surface area (Å²) in [6, 6.07) is 3.45. The molecule has 0 unspecified atom stereocenters. The molecule has 1 aromatic heterocycles. The lowest BCUT2D eigenvalue weighted by Crippen LogP contribution is -2.53. The summed E-state index contributed by atoms with van der Waals surface area (Å²) in [6.45, 7) is 10.4. The van der Waals surface area contributed by atoms with Gasteiger partial charge in [0.15, 0.2) is 5.82 Å². The van der Waals surface area contributed by atoms with Crippen LogP contribution in [0.1, 0.15) is 46.5 Å². The Bertz CT molecular complexity index is 1300. The lowest BCUT2D eigenvalue weighted by molar-refractivity contribution is 0.128. The molecule has 0 spiro atoms. The number of ether oxygens (including phenoxy) is 1. The van der Waals surface area contributed by atoms with Gasteiger partial charge in [-0.05, 0) is 39.7 Å². The third kappa shape index (κ3) is 7.23. The molecule has 2 atom stereocenters. The third-order valence-electron chi connectivity index (χ3n) is 7.87. The Kier molecular flexibility index (Phi) is 9.61. The van der Waals surface area contributed by atoms with Crippen LogP contribution in [-0.2, 0) is 10.0 Å². The number of nitrogens with zero attached hydrogens (tertiary/aromatic N) is 5. The van der Waals surface area contributed by atoms with Crippen molar-refractivity contribution in [3.8, 4) is 5.75 Å². The molecule has 1 aliphatic heterocycles. The maximum atomic E-state index is 12.2. The number of hydrogen-bond acceptors (Lipinski definition) is 9. The molecule has 1 saturated carbocycles. The molecule has 0 amide bonds. The Hall–Kier alpha value is -2.05. The molecular weight excluding hydrogens is 573 g/mol. The van der Waals surface area contributed by atoms with E-state index in [0.717, 1.165) is 57.5 Å². The molecule has 4 rings (SSSR count). The average molecular weight is 615 g/mol. The van der Waals surface area contributed by atoms with Gasteiger partial charge in [0.2, 0.25) is 16.0 Å². The standard InChI is InChI=1S/C27H41Cl2N7O3S/c1-27(2,3)36-13-11-35(12-14-36)23-16-24(39-5)21(15-18(23)28)32-26-30-17-19(29)25(33-26)31-20-9-7-8-10-22(20)34(4)40(6,37)38/h15-17,20,22H,7-14H2,1-6H3,(H2,30,31,32,33)/t20-,22-/m1/s1. The van der Waals surface area contributed by atoms with E-state index in [-0.39, 0.29) is 17.6 Å². The highest BCUT2D eigenvalue weighted by Gasteiger charge is 2.33. The molecule has 40 heavy (non-hydrogen) atoms. The van der Waals surface area contributed by atoms with Gasteiger partial charge in [-0.1, -0.05) is 36.0 Å². The quantitative estimate of drug-likeness (QED) is 0.422. The van der Waals surface area contributed by atoms with Crippen molar-refractivity contribution in [1.29, 1.82) is 0 Å². The summed E-state index contributed by atoms with van der Waals surface area (Å²) in [4.78, 5) is 13.7. The van der Waals surface area contributed by atoms with Gasteiger partial charge in [0.05, 0.1) is 36.0 Å².